The molecule has 4 rings (SSSR count). The summed E-state index contributed by atoms with van der Waals surface area (Å²) in [7, 11) is 0. The number of rotatable bonds is 7. The van der Waals surface area contributed by atoms with Crippen molar-refractivity contribution in [2.75, 3.05) is 13.1 Å². The number of benzene rings is 1. The summed E-state index contributed by atoms with van der Waals surface area (Å²) in [5, 5.41) is 3.60. The number of hydrogen-bond donors (Lipinski definition) is 1. The lowest BCUT2D eigenvalue weighted by Gasteiger charge is -2.25. The molecule has 1 saturated heterocycles. The van der Waals surface area contributed by atoms with Crippen LogP contribution in [0.5, 0.6) is 0 Å². The second-order valence-corrected chi connectivity index (χ2v) is 7.41. The molecule has 132 valence electrons. The molecule has 2 aromatic rings. The Kier molecular flexibility index (Phi) is 4.62. The van der Waals surface area contributed by atoms with Gasteiger partial charge in [-0.1, -0.05) is 37.3 Å². The summed E-state index contributed by atoms with van der Waals surface area (Å²) in [6, 6.07) is 14.7. The summed E-state index contributed by atoms with van der Waals surface area (Å²) < 4.78 is 6.01. The summed E-state index contributed by atoms with van der Waals surface area (Å²) in [6.07, 6.45) is 2.90. The van der Waals surface area contributed by atoms with Gasteiger partial charge in [0.1, 0.15) is 11.5 Å². The molecular formula is C21H26N2O2. The molecule has 2 fully saturated rings. The van der Waals surface area contributed by atoms with Gasteiger partial charge >= 0.3 is 0 Å². The van der Waals surface area contributed by atoms with Gasteiger partial charge in [-0.05, 0) is 36.5 Å². The van der Waals surface area contributed by atoms with Crippen LogP contribution in [0.1, 0.15) is 55.2 Å². The highest BCUT2D eigenvalue weighted by Gasteiger charge is 2.36. The normalized spacial score (nSPS) is 23.9. The van der Waals surface area contributed by atoms with Crippen LogP contribution < -0.4 is 5.32 Å². The van der Waals surface area contributed by atoms with Crippen molar-refractivity contribution in [3.8, 4) is 0 Å². The van der Waals surface area contributed by atoms with Crippen LogP contribution >= 0.6 is 0 Å². The highest BCUT2D eigenvalue weighted by molar-refractivity contribution is 5.78. The average Bonchev–Trinajstić information content (AvgIpc) is 3.00. The Balaban J connectivity index is 1.42. The molecule has 1 aliphatic carbocycles. The Bertz CT molecular complexity index is 725. The summed E-state index contributed by atoms with van der Waals surface area (Å²) in [4.78, 5) is 14.0. The first-order valence-electron chi connectivity index (χ1n) is 9.35. The van der Waals surface area contributed by atoms with Gasteiger partial charge in [-0.2, -0.15) is 0 Å². The van der Waals surface area contributed by atoms with E-state index in [-0.39, 0.29) is 11.9 Å². The number of hydrogen-bond acceptors (Lipinski definition) is 3. The van der Waals surface area contributed by atoms with E-state index in [2.05, 4.69) is 48.6 Å². The van der Waals surface area contributed by atoms with Crippen LogP contribution in [0.25, 0.3) is 0 Å². The van der Waals surface area contributed by atoms with Crippen molar-refractivity contribution in [1.29, 1.82) is 0 Å². The smallest absolute Gasteiger partial charge is 0.222 e. The van der Waals surface area contributed by atoms with Crippen molar-refractivity contribution in [3.63, 3.8) is 0 Å². The molecule has 0 radical (unpaired) electrons. The highest BCUT2D eigenvalue weighted by Crippen LogP contribution is 2.47. The van der Waals surface area contributed by atoms with E-state index < -0.39 is 0 Å². The fourth-order valence-corrected chi connectivity index (χ4v) is 3.72. The van der Waals surface area contributed by atoms with Gasteiger partial charge in [0.2, 0.25) is 5.91 Å². The Morgan fingerprint density at radius 1 is 1.24 bits per heavy atom. The molecular weight excluding hydrogens is 312 g/mol. The number of nitrogens with one attached hydrogen (secondary N) is 1. The van der Waals surface area contributed by atoms with Crippen molar-refractivity contribution in [2.45, 2.75) is 44.7 Å². The van der Waals surface area contributed by atoms with Crippen molar-refractivity contribution in [1.82, 2.24) is 10.2 Å². The molecule has 1 N–H and O–H groups in total. The molecule has 4 nitrogen and oxygen atoms in total. The summed E-state index contributed by atoms with van der Waals surface area (Å²) >= 11 is 0. The number of nitrogens with zero attached hydrogens (tertiary/aromatic N) is 1. The first kappa shape index (κ1) is 16.4. The molecule has 4 heteroatoms. The third-order valence-electron chi connectivity index (χ3n) is 5.46. The summed E-state index contributed by atoms with van der Waals surface area (Å²) in [5.41, 5.74) is 1.21. The van der Waals surface area contributed by atoms with E-state index >= 15 is 0 Å². The molecule has 1 aromatic carbocycles. The zero-order valence-electron chi connectivity index (χ0n) is 14.8. The average molecular weight is 338 g/mol. The molecule has 1 amide bonds. The van der Waals surface area contributed by atoms with Crippen LogP contribution in [0.3, 0.4) is 0 Å². The molecule has 3 atom stereocenters. The third kappa shape index (κ3) is 3.79. The van der Waals surface area contributed by atoms with Crippen LogP contribution in [0.2, 0.25) is 0 Å². The van der Waals surface area contributed by atoms with Gasteiger partial charge in [-0.15, -0.1) is 0 Å². The van der Waals surface area contributed by atoms with E-state index in [1.807, 2.05) is 11.0 Å². The van der Waals surface area contributed by atoms with Gasteiger partial charge in [0.05, 0.1) is 12.6 Å². The standard InChI is InChI=1S/C21H26N2O2/c1-15-12-18(15)20-10-9-17(25-20)13-22-19(16-6-3-2-4-7-16)14-23-11-5-8-21(23)24/h2-4,6-7,9-10,15,18-19,22H,5,8,11-14H2,1H3/t15-,18+,19+/m1/s1. The SMILES string of the molecule is C[C@@H]1C[C@@H]1c1ccc(CN[C@@H](CN2CCCC2=O)c2ccccc2)o1. The van der Waals surface area contributed by atoms with Crippen molar-refractivity contribution in [2.24, 2.45) is 5.92 Å². The lowest BCUT2D eigenvalue weighted by Crippen LogP contribution is -2.35. The fraction of sp³-hybridized carbons (Fsp3) is 0.476. The van der Waals surface area contributed by atoms with Gasteiger partial charge in [0, 0.05) is 25.4 Å². The minimum Gasteiger partial charge on any atom is -0.464 e. The van der Waals surface area contributed by atoms with Crippen LogP contribution in [0, 0.1) is 5.92 Å². The fourth-order valence-electron chi connectivity index (χ4n) is 3.72. The molecule has 2 aliphatic rings. The van der Waals surface area contributed by atoms with Gasteiger partial charge < -0.3 is 14.6 Å². The van der Waals surface area contributed by atoms with E-state index in [1.54, 1.807) is 0 Å². The molecule has 1 aromatic heterocycles. The largest absolute Gasteiger partial charge is 0.464 e. The van der Waals surface area contributed by atoms with Gasteiger partial charge in [0.25, 0.3) is 0 Å². The molecule has 2 heterocycles. The maximum atomic E-state index is 12.0. The molecule has 0 bridgehead atoms. The molecule has 1 saturated carbocycles. The quantitative estimate of drug-likeness (QED) is 0.834. The highest BCUT2D eigenvalue weighted by atomic mass is 16.3. The zero-order chi connectivity index (χ0) is 17.2. The summed E-state index contributed by atoms with van der Waals surface area (Å²) in [5.74, 6) is 3.73. The molecule has 0 spiro atoms. The van der Waals surface area contributed by atoms with E-state index in [4.69, 9.17) is 4.42 Å². The lowest BCUT2D eigenvalue weighted by molar-refractivity contribution is -0.128. The molecule has 25 heavy (non-hydrogen) atoms. The topological polar surface area (TPSA) is 45.5 Å². The maximum absolute atomic E-state index is 12.0. The number of furan rings is 1. The van der Waals surface area contributed by atoms with E-state index in [0.717, 1.165) is 36.9 Å². The van der Waals surface area contributed by atoms with Crippen LogP contribution in [-0.2, 0) is 11.3 Å². The van der Waals surface area contributed by atoms with E-state index in [1.165, 1.54) is 12.0 Å². The predicted octanol–water partition coefficient (Wildman–Crippen LogP) is 3.86. The second-order valence-electron chi connectivity index (χ2n) is 7.41. The monoisotopic (exact) mass is 338 g/mol. The number of carbonyl (C=O) groups is 1. The van der Waals surface area contributed by atoms with Gasteiger partial charge in [-0.25, -0.2) is 0 Å². The summed E-state index contributed by atoms with van der Waals surface area (Å²) in [6.45, 7) is 4.54. The Hall–Kier alpha value is -2.07. The van der Waals surface area contributed by atoms with Gasteiger partial charge in [0.15, 0.2) is 0 Å². The van der Waals surface area contributed by atoms with Crippen LogP contribution in [0.4, 0.5) is 0 Å². The predicted molar refractivity (Wildman–Crippen MR) is 97.1 cm³/mol. The number of amides is 1. The maximum Gasteiger partial charge on any atom is 0.222 e. The lowest BCUT2D eigenvalue weighted by atomic mass is 10.1. The van der Waals surface area contributed by atoms with Crippen molar-refractivity contribution in [3.05, 3.63) is 59.5 Å². The zero-order valence-corrected chi connectivity index (χ0v) is 14.8. The van der Waals surface area contributed by atoms with Crippen molar-refractivity contribution >= 4 is 5.91 Å². The van der Waals surface area contributed by atoms with Crippen LogP contribution in [0.15, 0.2) is 46.9 Å². The number of carbonyl (C=O) groups excluding carboxylic acids is 1. The number of likely N-dealkylation sites (tertiary alicyclic amines) is 1. The van der Waals surface area contributed by atoms with Crippen LogP contribution in [-0.4, -0.2) is 23.9 Å². The Labute approximate surface area is 149 Å². The molecule has 0 unspecified atom stereocenters. The van der Waals surface area contributed by atoms with E-state index in [0.29, 0.717) is 18.9 Å². The van der Waals surface area contributed by atoms with Crippen molar-refractivity contribution < 1.29 is 9.21 Å². The first-order valence-corrected chi connectivity index (χ1v) is 9.35. The van der Waals surface area contributed by atoms with E-state index in [9.17, 15) is 4.79 Å². The molecule has 1 aliphatic heterocycles. The minimum atomic E-state index is 0.122. The Morgan fingerprint density at radius 2 is 2.04 bits per heavy atom. The minimum absolute atomic E-state index is 0.122. The Morgan fingerprint density at radius 3 is 2.72 bits per heavy atom. The first-order chi connectivity index (χ1) is 12.2. The second kappa shape index (κ2) is 7.04. The third-order valence-corrected chi connectivity index (χ3v) is 5.46. The van der Waals surface area contributed by atoms with Gasteiger partial charge in [-0.3, -0.25) is 4.79 Å².